The molecule has 2 saturated heterocycles. The Labute approximate surface area is 153 Å². The molecule has 0 aliphatic carbocycles. The van der Waals surface area contributed by atoms with Gasteiger partial charge in [0.1, 0.15) is 5.76 Å². The fourth-order valence-corrected chi connectivity index (χ4v) is 4.00. The van der Waals surface area contributed by atoms with Gasteiger partial charge in [0.15, 0.2) is 0 Å². The summed E-state index contributed by atoms with van der Waals surface area (Å²) in [5.41, 5.74) is 1.54. The lowest BCUT2D eigenvalue weighted by atomic mass is 10.1. The van der Waals surface area contributed by atoms with Crippen molar-refractivity contribution < 1.29 is 14.0 Å². The average molecular weight is 352 g/mol. The summed E-state index contributed by atoms with van der Waals surface area (Å²) in [5.74, 6) is 1.06. The molecular formula is C21H24N2O3. The Morgan fingerprint density at radius 1 is 1.00 bits per heavy atom. The lowest BCUT2D eigenvalue weighted by molar-refractivity contribution is -0.117. The zero-order chi connectivity index (χ0) is 17.9. The van der Waals surface area contributed by atoms with Crippen LogP contribution in [0, 0.1) is 0 Å². The van der Waals surface area contributed by atoms with E-state index in [9.17, 15) is 9.59 Å². The first-order chi connectivity index (χ1) is 12.7. The van der Waals surface area contributed by atoms with Gasteiger partial charge in [-0.15, -0.1) is 0 Å². The quantitative estimate of drug-likeness (QED) is 0.833. The van der Waals surface area contributed by atoms with Crippen LogP contribution in [-0.4, -0.2) is 29.8 Å². The number of carbonyl (C=O) groups excluding carboxylic acids is 2. The molecule has 3 heterocycles. The van der Waals surface area contributed by atoms with Gasteiger partial charge in [-0.05, 0) is 55.7 Å². The predicted molar refractivity (Wildman–Crippen MR) is 99.0 cm³/mol. The smallest absolute Gasteiger partial charge is 0.254 e. The first-order valence-corrected chi connectivity index (χ1v) is 9.49. The predicted octanol–water partition coefficient (Wildman–Crippen LogP) is 4.16. The van der Waals surface area contributed by atoms with E-state index in [0.717, 1.165) is 56.6 Å². The largest absolute Gasteiger partial charge is 0.467 e. The molecular weight excluding hydrogens is 328 g/mol. The van der Waals surface area contributed by atoms with Crippen LogP contribution in [0.2, 0.25) is 0 Å². The fraction of sp³-hybridized carbons (Fsp3) is 0.429. The zero-order valence-electron chi connectivity index (χ0n) is 14.9. The highest BCUT2D eigenvalue weighted by Gasteiger charge is 2.29. The van der Waals surface area contributed by atoms with E-state index < -0.39 is 0 Å². The zero-order valence-corrected chi connectivity index (χ0v) is 14.9. The minimum absolute atomic E-state index is 0.000151. The van der Waals surface area contributed by atoms with Crippen molar-refractivity contribution in [3.8, 4) is 0 Å². The monoisotopic (exact) mass is 352 g/mol. The molecule has 1 aromatic carbocycles. The molecule has 2 aromatic rings. The van der Waals surface area contributed by atoms with Crippen molar-refractivity contribution in [3.63, 3.8) is 0 Å². The van der Waals surface area contributed by atoms with E-state index in [4.69, 9.17) is 4.42 Å². The molecule has 136 valence electrons. The number of carbonyl (C=O) groups is 2. The molecule has 1 unspecified atom stereocenters. The lowest BCUT2D eigenvalue weighted by Gasteiger charge is -2.29. The maximum Gasteiger partial charge on any atom is 0.254 e. The highest BCUT2D eigenvalue weighted by molar-refractivity contribution is 5.97. The van der Waals surface area contributed by atoms with E-state index in [-0.39, 0.29) is 17.9 Å². The van der Waals surface area contributed by atoms with Gasteiger partial charge in [-0.1, -0.05) is 12.8 Å². The van der Waals surface area contributed by atoms with Gasteiger partial charge in [0, 0.05) is 30.8 Å². The van der Waals surface area contributed by atoms with Crippen LogP contribution in [0.5, 0.6) is 0 Å². The van der Waals surface area contributed by atoms with E-state index in [1.165, 1.54) is 0 Å². The van der Waals surface area contributed by atoms with Crippen LogP contribution in [0.4, 0.5) is 5.69 Å². The van der Waals surface area contributed by atoms with E-state index in [2.05, 4.69) is 0 Å². The van der Waals surface area contributed by atoms with Gasteiger partial charge >= 0.3 is 0 Å². The molecule has 2 aliphatic heterocycles. The van der Waals surface area contributed by atoms with Gasteiger partial charge in [0.05, 0.1) is 12.3 Å². The molecule has 26 heavy (non-hydrogen) atoms. The Bertz CT molecular complexity index is 767. The lowest BCUT2D eigenvalue weighted by Crippen LogP contribution is -2.34. The molecule has 1 atom stereocenters. The third-order valence-corrected chi connectivity index (χ3v) is 5.38. The fourth-order valence-electron chi connectivity index (χ4n) is 4.00. The third-order valence-electron chi connectivity index (χ3n) is 5.38. The standard InChI is InChI=1S/C21H24N2O3/c24-20-8-4-14-22(20)17-11-9-16(10-12-17)21(25)23-13-3-1-2-6-18(23)19-7-5-15-26-19/h5,7,9-12,15,18H,1-4,6,8,13-14H2. The summed E-state index contributed by atoms with van der Waals surface area (Å²) in [6.07, 6.45) is 7.37. The number of furan rings is 1. The van der Waals surface area contributed by atoms with Crippen LogP contribution in [0.1, 0.15) is 60.7 Å². The molecule has 1 aromatic heterocycles. The highest BCUT2D eigenvalue weighted by atomic mass is 16.3. The van der Waals surface area contributed by atoms with E-state index >= 15 is 0 Å². The number of likely N-dealkylation sites (tertiary alicyclic amines) is 1. The molecule has 0 radical (unpaired) electrons. The van der Waals surface area contributed by atoms with Gasteiger partial charge in [0.25, 0.3) is 5.91 Å². The van der Waals surface area contributed by atoms with Crippen molar-refractivity contribution in [1.29, 1.82) is 0 Å². The Kier molecular flexibility index (Phi) is 4.78. The average Bonchev–Trinajstić information content (AvgIpc) is 3.28. The summed E-state index contributed by atoms with van der Waals surface area (Å²) in [5, 5.41) is 0. The highest BCUT2D eigenvalue weighted by Crippen LogP contribution is 2.32. The molecule has 5 heteroatoms. The molecule has 0 N–H and O–H groups in total. The second-order valence-corrected chi connectivity index (χ2v) is 7.07. The van der Waals surface area contributed by atoms with Crippen molar-refractivity contribution in [2.75, 3.05) is 18.0 Å². The number of anilines is 1. The molecule has 0 bridgehead atoms. The Morgan fingerprint density at radius 3 is 2.54 bits per heavy atom. The number of amides is 2. The summed E-state index contributed by atoms with van der Waals surface area (Å²) in [6, 6.07) is 11.3. The van der Waals surface area contributed by atoms with Gasteiger partial charge in [-0.2, -0.15) is 0 Å². The second-order valence-electron chi connectivity index (χ2n) is 7.07. The van der Waals surface area contributed by atoms with Crippen LogP contribution >= 0.6 is 0 Å². The van der Waals surface area contributed by atoms with Crippen molar-refractivity contribution in [2.24, 2.45) is 0 Å². The second kappa shape index (κ2) is 7.36. The molecule has 4 rings (SSSR count). The molecule has 2 aliphatic rings. The Morgan fingerprint density at radius 2 is 1.85 bits per heavy atom. The van der Waals surface area contributed by atoms with Gasteiger partial charge < -0.3 is 14.2 Å². The molecule has 2 fully saturated rings. The summed E-state index contributed by atoms with van der Waals surface area (Å²) in [7, 11) is 0. The van der Waals surface area contributed by atoms with E-state index in [1.807, 2.05) is 41.3 Å². The third kappa shape index (κ3) is 3.26. The van der Waals surface area contributed by atoms with Crippen molar-refractivity contribution in [1.82, 2.24) is 4.90 Å². The van der Waals surface area contributed by atoms with E-state index in [0.29, 0.717) is 12.0 Å². The topological polar surface area (TPSA) is 53.8 Å². The molecule has 0 spiro atoms. The summed E-state index contributed by atoms with van der Waals surface area (Å²) in [6.45, 7) is 1.51. The van der Waals surface area contributed by atoms with Crippen LogP contribution < -0.4 is 4.90 Å². The van der Waals surface area contributed by atoms with Gasteiger partial charge in [-0.25, -0.2) is 0 Å². The molecule has 2 amide bonds. The molecule has 0 saturated carbocycles. The minimum atomic E-state index is -0.000151. The summed E-state index contributed by atoms with van der Waals surface area (Å²) in [4.78, 5) is 28.8. The maximum atomic E-state index is 13.2. The van der Waals surface area contributed by atoms with Gasteiger partial charge in [0.2, 0.25) is 5.91 Å². The first-order valence-electron chi connectivity index (χ1n) is 9.49. The number of hydrogen-bond donors (Lipinski definition) is 0. The van der Waals surface area contributed by atoms with Crippen molar-refractivity contribution >= 4 is 17.5 Å². The number of benzene rings is 1. The summed E-state index contributed by atoms with van der Waals surface area (Å²) >= 11 is 0. The Balaban J connectivity index is 1.56. The summed E-state index contributed by atoms with van der Waals surface area (Å²) < 4.78 is 5.61. The van der Waals surface area contributed by atoms with Crippen LogP contribution in [0.25, 0.3) is 0 Å². The van der Waals surface area contributed by atoms with Crippen molar-refractivity contribution in [3.05, 3.63) is 54.0 Å². The van der Waals surface area contributed by atoms with Crippen LogP contribution in [-0.2, 0) is 4.79 Å². The van der Waals surface area contributed by atoms with Crippen molar-refractivity contribution in [2.45, 2.75) is 44.6 Å². The van der Waals surface area contributed by atoms with Gasteiger partial charge in [-0.3, -0.25) is 9.59 Å². The first kappa shape index (κ1) is 16.9. The SMILES string of the molecule is O=C1CCCN1c1ccc(C(=O)N2CCCCCC2c2ccco2)cc1. The number of nitrogens with zero attached hydrogens (tertiary/aromatic N) is 2. The maximum absolute atomic E-state index is 13.2. The molecule has 5 nitrogen and oxygen atoms in total. The minimum Gasteiger partial charge on any atom is -0.467 e. The van der Waals surface area contributed by atoms with E-state index in [1.54, 1.807) is 11.2 Å². The van der Waals surface area contributed by atoms with Crippen LogP contribution in [0.15, 0.2) is 47.1 Å². The number of rotatable bonds is 3. The van der Waals surface area contributed by atoms with Crippen LogP contribution in [0.3, 0.4) is 0 Å². The number of hydrogen-bond acceptors (Lipinski definition) is 3. The Hall–Kier alpha value is -2.56. The normalized spacial score (nSPS) is 21.1.